The summed E-state index contributed by atoms with van der Waals surface area (Å²) in [6.07, 6.45) is 9.13. The first-order valence-electron chi connectivity index (χ1n) is 9.81. The molecule has 0 fully saturated rings. The normalized spacial score (nSPS) is 12.3. The van der Waals surface area contributed by atoms with Gasteiger partial charge in [-0.2, -0.15) is 5.10 Å². The van der Waals surface area contributed by atoms with Gasteiger partial charge in [-0.05, 0) is 40.9 Å². The molecule has 0 radical (unpaired) electrons. The molecule has 0 saturated heterocycles. The summed E-state index contributed by atoms with van der Waals surface area (Å²) in [5, 5.41) is 6.22. The molecule has 2 heterocycles. The van der Waals surface area contributed by atoms with Crippen LogP contribution in [0.3, 0.4) is 0 Å². The van der Waals surface area contributed by atoms with E-state index in [1.165, 1.54) is 12.8 Å². The molecule has 0 bridgehead atoms. The van der Waals surface area contributed by atoms with E-state index in [0.717, 1.165) is 46.1 Å². The SMILES string of the molecule is CCCCCC(CC)n1ncc(-c2cccc(Cl)c2Cl)c1-c1cc(Br)cnc1Cl. The maximum atomic E-state index is 6.56. The lowest BCUT2D eigenvalue weighted by Crippen LogP contribution is -2.12. The summed E-state index contributed by atoms with van der Waals surface area (Å²) in [7, 11) is 0. The van der Waals surface area contributed by atoms with Crippen LogP contribution in [-0.4, -0.2) is 14.8 Å². The van der Waals surface area contributed by atoms with Crippen molar-refractivity contribution in [1.82, 2.24) is 14.8 Å². The average molecular weight is 516 g/mol. The summed E-state index contributed by atoms with van der Waals surface area (Å²) in [5.41, 5.74) is 3.46. The van der Waals surface area contributed by atoms with Gasteiger partial charge in [-0.25, -0.2) is 4.98 Å². The van der Waals surface area contributed by atoms with Gasteiger partial charge in [0.15, 0.2) is 0 Å². The number of aromatic nitrogens is 3. The molecule has 0 aliphatic rings. The van der Waals surface area contributed by atoms with Gasteiger partial charge < -0.3 is 0 Å². The Labute approximate surface area is 195 Å². The van der Waals surface area contributed by atoms with Crippen molar-refractivity contribution in [2.45, 2.75) is 52.0 Å². The van der Waals surface area contributed by atoms with Gasteiger partial charge in [0, 0.05) is 27.4 Å². The lowest BCUT2D eigenvalue weighted by molar-refractivity contribution is 0.400. The largest absolute Gasteiger partial charge is 0.261 e. The van der Waals surface area contributed by atoms with E-state index in [9.17, 15) is 0 Å². The monoisotopic (exact) mass is 513 g/mol. The summed E-state index contributed by atoms with van der Waals surface area (Å²) in [6.45, 7) is 4.40. The fourth-order valence-electron chi connectivity index (χ4n) is 3.53. The molecule has 0 aliphatic heterocycles. The molecular weight excluding hydrogens is 493 g/mol. The van der Waals surface area contributed by atoms with Crippen LogP contribution in [0, 0.1) is 0 Å². The Bertz CT molecular complexity index is 987. The predicted octanol–water partition coefficient (Wildman–Crippen LogP) is 8.87. The molecule has 0 aliphatic carbocycles. The molecule has 29 heavy (non-hydrogen) atoms. The van der Waals surface area contributed by atoms with Gasteiger partial charge >= 0.3 is 0 Å². The van der Waals surface area contributed by atoms with Crippen molar-refractivity contribution < 1.29 is 0 Å². The van der Waals surface area contributed by atoms with Crippen LogP contribution in [-0.2, 0) is 0 Å². The van der Waals surface area contributed by atoms with Crippen LogP contribution in [0.2, 0.25) is 15.2 Å². The first kappa shape index (κ1) is 22.6. The van der Waals surface area contributed by atoms with Gasteiger partial charge in [-0.15, -0.1) is 0 Å². The standard InChI is InChI=1S/C22H23BrCl3N3/c1-3-5-6-8-15(4-2)29-21(17-11-14(23)12-27-22(17)26)18(13-28-29)16-9-7-10-19(24)20(16)25/h7,9-13,15H,3-6,8H2,1-2H3. The summed E-state index contributed by atoms with van der Waals surface area (Å²) in [6, 6.07) is 7.87. The number of benzene rings is 1. The van der Waals surface area contributed by atoms with Gasteiger partial charge in [0.1, 0.15) is 5.15 Å². The molecular formula is C22H23BrCl3N3. The van der Waals surface area contributed by atoms with Crippen molar-refractivity contribution in [2.75, 3.05) is 0 Å². The first-order valence-corrected chi connectivity index (χ1v) is 11.7. The van der Waals surface area contributed by atoms with Crippen LogP contribution >= 0.6 is 50.7 Å². The number of hydrogen-bond acceptors (Lipinski definition) is 2. The quantitative estimate of drug-likeness (QED) is 0.222. The highest BCUT2D eigenvalue weighted by Gasteiger charge is 2.24. The zero-order valence-corrected chi connectivity index (χ0v) is 20.3. The lowest BCUT2D eigenvalue weighted by Gasteiger charge is -2.20. The topological polar surface area (TPSA) is 30.7 Å². The Morgan fingerprint density at radius 2 is 1.83 bits per heavy atom. The van der Waals surface area contributed by atoms with Gasteiger partial charge in [0.25, 0.3) is 0 Å². The zero-order chi connectivity index (χ0) is 21.0. The summed E-state index contributed by atoms with van der Waals surface area (Å²) >= 11 is 22.9. The van der Waals surface area contributed by atoms with Crippen molar-refractivity contribution in [3.05, 3.63) is 56.3 Å². The minimum absolute atomic E-state index is 0.262. The van der Waals surface area contributed by atoms with Crippen molar-refractivity contribution in [3.8, 4) is 22.4 Å². The van der Waals surface area contributed by atoms with E-state index in [2.05, 4.69) is 39.4 Å². The molecule has 0 amide bonds. The van der Waals surface area contributed by atoms with Crippen LogP contribution in [0.25, 0.3) is 22.4 Å². The Morgan fingerprint density at radius 1 is 1.03 bits per heavy atom. The van der Waals surface area contributed by atoms with E-state index < -0.39 is 0 Å². The molecule has 3 rings (SSSR count). The highest BCUT2D eigenvalue weighted by atomic mass is 79.9. The number of nitrogens with zero attached hydrogens (tertiary/aromatic N) is 3. The highest BCUT2D eigenvalue weighted by molar-refractivity contribution is 9.10. The summed E-state index contributed by atoms with van der Waals surface area (Å²) in [4.78, 5) is 4.33. The Morgan fingerprint density at radius 3 is 2.55 bits per heavy atom. The van der Waals surface area contributed by atoms with Crippen LogP contribution in [0.4, 0.5) is 0 Å². The first-order chi connectivity index (χ1) is 14.0. The maximum Gasteiger partial charge on any atom is 0.138 e. The van der Waals surface area contributed by atoms with Crippen LogP contribution < -0.4 is 0 Å². The molecule has 0 saturated carbocycles. The summed E-state index contributed by atoms with van der Waals surface area (Å²) < 4.78 is 2.93. The molecule has 7 heteroatoms. The fraction of sp³-hybridized carbons (Fsp3) is 0.364. The van der Waals surface area contributed by atoms with Gasteiger partial charge in [0.2, 0.25) is 0 Å². The van der Waals surface area contributed by atoms with Crippen molar-refractivity contribution in [1.29, 1.82) is 0 Å². The van der Waals surface area contributed by atoms with E-state index in [1.807, 2.05) is 24.4 Å². The third kappa shape index (κ3) is 4.99. The second-order valence-electron chi connectivity index (χ2n) is 7.00. The number of unbranched alkanes of at least 4 members (excludes halogenated alkanes) is 2. The number of rotatable bonds is 8. The minimum Gasteiger partial charge on any atom is -0.261 e. The van der Waals surface area contributed by atoms with Crippen LogP contribution in [0.1, 0.15) is 52.0 Å². The zero-order valence-electron chi connectivity index (χ0n) is 16.4. The van der Waals surface area contributed by atoms with E-state index in [0.29, 0.717) is 15.2 Å². The molecule has 1 aromatic carbocycles. The second-order valence-corrected chi connectivity index (χ2v) is 9.06. The maximum absolute atomic E-state index is 6.56. The molecule has 2 aromatic heterocycles. The highest BCUT2D eigenvalue weighted by Crippen LogP contribution is 2.42. The van der Waals surface area contributed by atoms with Crippen molar-refractivity contribution in [2.24, 2.45) is 0 Å². The predicted molar refractivity (Wildman–Crippen MR) is 127 cm³/mol. The van der Waals surface area contributed by atoms with Crippen LogP contribution in [0.15, 0.2) is 41.1 Å². The number of pyridine rings is 1. The van der Waals surface area contributed by atoms with Crippen LogP contribution in [0.5, 0.6) is 0 Å². The lowest BCUT2D eigenvalue weighted by atomic mass is 10.0. The molecule has 3 nitrogen and oxygen atoms in total. The smallest absolute Gasteiger partial charge is 0.138 e. The molecule has 0 N–H and O–H groups in total. The van der Waals surface area contributed by atoms with E-state index in [1.54, 1.807) is 12.3 Å². The molecule has 154 valence electrons. The van der Waals surface area contributed by atoms with Gasteiger partial charge in [0.05, 0.1) is 28.0 Å². The van der Waals surface area contributed by atoms with E-state index in [-0.39, 0.29) is 6.04 Å². The number of hydrogen-bond donors (Lipinski definition) is 0. The Kier molecular flexibility index (Phi) is 8.03. The fourth-order valence-corrected chi connectivity index (χ4v) is 4.46. The minimum atomic E-state index is 0.262. The van der Waals surface area contributed by atoms with E-state index >= 15 is 0 Å². The Balaban J connectivity index is 2.21. The second kappa shape index (κ2) is 10.3. The third-order valence-electron chi connectivity index (χ3n) is 5.06. The van der Waals surface area contributed by atoms with Crippen molar-refractivity contribution >= 4 is 50.7 Å². The average Bonchev–Trinajstić information content (AvgIpc) is 3.13. The third-order valence-corrected chi connectivity index (χ3v) is 6.61. The molecule has 1 atom stereocenters. The molecule has 3 aromatic rings. The van der Waals surface area contributed by atoms with E-state index in [4.69, 9.17) is 39.9 Å². The number of halogens is 4. The van der Waals surface area contributed by atoms with Crippen molar-refractivity contribution in [3.63, 3.8) is 0 Å². The Hall–Kier alpha value is -1.07. The molecule has 0 spiro atoms. The van der Waals surface area contributed by atoms with Gasteiger partial charge in [-0.3, -0.25) is 4.68 Å². The van der Waals surface area contributed by atoms with Gasteiger partial charge in [-0.1, -0.05) is 80.0 Å². The summed E-state index contributed by atoms with van der Waals surface area (Å²) in [5.74, 6) is 0. The molecule has 1 unspecified atom stereocenters.